The number of nitrogens with zero attached hydrogens (tertiary/aromatic N) is 2. The number of hydrogen-bond donors (Lipinski definition) is 2. The minimum Gasteiger partial charge on any atom is -0.505 e. The summed E-state index contributed by atoms with van der Waals surface area (Å²) in [6, 6.07) is 3.01. The zero-order valence-electron chi connectivity index (χ0n) is 9.74. The van der Waals surface area contributed by atoms with E-state index in [-0.39, 0.29) is 30.5 Å². The summed E-state index contributed by atoms with van der Waals surface area (Å²) < 4.78 is 0. The lowest BCUT2D eigenvalue weighted by molar-refractivity contribution is -0.137. The second-order valence-electron chi connectivity index (χ2n) is 4.24. The lowest BCUT2D eigenvalue weighted by atomic mass is 10.2. The fourth-order valence-electron chi connectivity index (χ4n) is 1.75. The van der Waals surface area contributed by atoms with Gasteiger partial charge in [0.25, 0.3) is 5.91 Å². The van der Waals surface area contributed by atoms with Crippen molar-refractivity contribution in [3.8, 4) is 5.75 Å². The largest absolute Gasteiger partial charge is 0.505 e. The highest BCUT2D eigenvalue weighted by molar-refractivity contribution is 5.95. The molecule has 0 saturated heterocycles. The maximum Gasteiger partial charge on any atom is 0.305 e. The van der Waals surface area contributed by atoms with Gasteiger partial charge in [0.05, 0.1) is 6.42 Å². The molecule has 6 nitrogen and oxygen atoms in total. The second kappa shape index (κ2) is 5.03. The molecule has 1 aromatic heterocycles. The Morgan fingerprint density at radius 3 is 2.72 bits per heavy atom. The summed E-state index contributed by atoms with van der Waals surface area (Å²) in [7, 11) is 0. The molecule has 0 aliphatic heterocycles. The predicted molar refractivity (Wildman–Crippen MR) is 62.2 cm³/mol. The lowest BCUT2D eigenvalue weighted by Crippen LogP contribution is -2.35. The summed E-state index contributed by atoms with van der Waals surface area (Å²) in [6.45, 7) is 0.148. The van der Waals surface area contributed by atoms with E-state index in [1.807, 2.05) is 0 Å². The van der Waals surface area contributed by atoms with Crippen LogP contribution in [0.1, 0.15) is 29.8 Å². The smallest absolute Gasteiger partial charge is 0.305 e. The maximum absolute atomic E-state index is 12.2. The number of pyridine rings is 1. The molecule has 0 radical (unpaired) electrons. The number of carbonyl (C=O) groups is 2. The molecule has 1 amide bonds. The van der Waals surface area contributed by atoms with Crippen LogP contribution in [-0.2, 0) is 4.79 Å². The van der Waals surface area contributed by atoms with E-state index < -0.39 is 11.9 Å². The van der Waals surface area contributed by atoms with E-state index in [9.17, 15) is 14.7 Å². The molecule has 1 fully saturated rings. The standard InChI is InChI=1S/C12H14N2O4/c15-9-2-1-6-13-11(9)12(18)14(8-3-4-8)7-5-10(16)17/h1-2,6,8,15H,3-5,7H2,(H,16,17). The Hall–Kier alpha value is -2.11. The van der Waals surface area contributed by atoms with Crippen LogP contribution in [0, 0.1) is 0 Å². The Kier molecular flexibility index (Phi) is 3.45. The van der Waals surface area contributed by atoms with E-state index >= 15 is 0 Å². The normalized spacial score (nSPS) is 14.2. The van der Waals surface area contributed by atoms with Gasteiger partial charge in [-0.25, -0.2) is 4.98 Å². The summed E-state index contributed by atoms with van der Waals surface area (Å²) >= 11 is 0. The zero-order chi connectivity index (χ0) is 13.1. The highest BCUT2D eigenvalue weighted by Gasteiger charge is 2.34. The molecule has 96 valence electrons. The Balaban J connectivity index is 2.13. The van der Waals surface area contributed by atoms with Crippen LogP contribution in [0.5, 0.6) is 5.75 Å². The molecule has 1 saturated carbocycles. The number of hydrogen-bond acceptors (Lipinski definition) is 4. The Morgan fingerprint density at radius 1 is 1.44 bits per heavy atom. The van der Waals surface area contributed by atoms with Crippen LogP contribution in [0.3, 0.4) is 0 Å². The van der Waals surface area contributed by atoms with Gasteiger partial charge in [0.2, 0.25) is 0 Å². The first-order valence-corrected chi connectivity index (χ1v) is 5.76. The second-order valence-corrected chi connectivity index (χ2v) is 4.24. The van der Waals surface area contributed by atoms with Crippen molar-refractivity contribution in [1.29, 1.82) is 0 Å². The zero-order valence-corrected chi connectivity index (χ0v) is 9.74. The van der Waals surface area contributed by atoms with Crippen molar-refractivity contribution in [2.45, 2.75) is 25.3 Å². The monoisotopic (exact) mass is 250 g/mol. The average Bonchev–Trinajstić information content (AvgIpc) is 3.13. The summed E-state index contributed by atoms with van der Waals surface area (Å²) in [5.74, 6) is -1.53. The third-order valence-corrected chi connectivity index (χ3v) is 2.80. The molecule has 0 atom stereocenters. The van der Waals surface area contributed by atoms with Gasteiger partial charge in [-0.3, -0.25) is 9.59 Å². The number of aromatic hydroxyl groups is 1. The third-order valence-electron chi connectivity index (χ3n) is 2.80. The molecule has 0 bridgehead atoms. The first kappa shape index (κ1) is 12.3. The fourth-order valence-corrected chi connectivity index (χ4v) is 1.75. The molecule has 0 aromatic carbocycles. The molecule has 0 spiro atoms. The Labute approximate surface area is 104 Å². The van der Waals surface area contributed by atoms with Crippen molar-refractivity contribution in [3.63, 3.8) is 0 Å². The Morgan fingerprint density at radius 2 is 2.17 bits per heavy atom. The summed E-state index contributed by atoms with van der Waals surface area (Å²) in [5.41, 5.74) is -0.0187. The van der Waals surface area contributed by atoms with Crippen molar-refractivity contribution in [1.82, 2.24) is 9.88 Å². The lowest BCUT2D eigenvalue weighted by Gasteiger charge is -2.21. The SMILES string of the molecule is O=C(O)CCN(C(=O)c1ncccc1O)C1CC1. The van der Waals surface area contributed by atoms with E-state index in [4.69, 9.17) is 5.11 Å². The molecular weight excluding hydrogens is 236 g/mol. The fraction of sp³-hybridized carbons (Fsp3) is 0.417. The Bertz CT molecular complexity index is 471. The topological polar surface area (TPSA) is 90.7 Å². The minimum atomic E-state index is -0.946. The molecule has 1 heterocycles. The molecule has 1 aromatic rings. The average molecular weight is 250 g/mol. The third kappa shape index (κ3) is 2.77. The van der Waals surface area contributed by atoms with Gasteiger partial charge in [-0.05, 0) is 25.0 Å². The van der Waals surface area contributed by atoms with Gasteiger partial charge in [-0.2, -0.15) is 0 Å². The van der Waals surface area contributed by atoms with Gasteiger partial charge < -0.3 is 15.1 Å². The van der Waals surface area contributed by atoms with Crippen LogP contribution in [-0.4, -0.2) is 44.6 Å². The van der Waals surface area contributed by atoms with Crippen LogP contribution in [0.4, 0.5) is 0 Å². The van der Waals surface area contributed by atoms with E-state index in [0.717, 1.165) is 12.8 Å². The highest BCUT2D eigenvalue weighted by atomic mass is 16.4. The quantitative estimate of drug-likeness (QED) is 0.809. The summed E-state index contributed by atoms with van der Waals surface area (Å²) in [4.78, 5) is 28.1. The molecule has 6 heteroatoms. The summed E-state index contributed by atoms with van der Waals surface area (Å²) in [6.07, 6.45) is 3.07. The molecule has 1 aliphatic rings. The first-order valence-electron chi connectivity index (χ1n) is 5.76. The van der Waals surface area contributed by atoms with E-state index in [1.54, 1.807) is 0 Å². The van der Waals surface area contributed by atoms with Gasteiger partial charge in [-0.1, -0.05) is 0 Å². The summed E-state index contributed by atoms with van der Waals surface area (Å²) in [5, 5.41) is 18.3. The molecule has 1 aliphatic carbocycles. The van der Waals surface area contributed by atoms with Crippen LogP contribution >= 0.6 is 0 Å². The van der Waals surface area contributed by atoms with Gasteiger partial charge in [0.15, 0.2) is 5.69 Å². The van der Waals surface area contributed by atoms with E-state index in [2.05, 4.69) is 4.98 Å². The number of aliphatic carboxylic acids is 1. The van der Waals surface area contributed by atoms with Crippen LogP contribution < -0.4 is 0 Å². The van der Waals surface area contributed by atoms with Gasteiger partial charge in [0, 0.05) is 18.8 Å². The van der Waals surface area contributed by atoms with Crippen LogP contribution in [0.15, 0.2) is 18.3 Å². The van der Waals surface area contributed by atoms with Crippen molar-refractivity contribution < 1.29 is 19.8 Å². The van der Waals surface area contributed by atoms with Crippen LogP contribution in [0.2, 0.25) is 0 Å². The van der Waals surface area contributed by atoms with Crippen molar-refractivity contribution in [2.24, 2.45) is 0 Å². The number of carboxylic acid groups (broad SMARTS) is 1. The minimum absolute atomic E-state index is 0.0187. The molecular formula is C12H14N2O4. The van der Waals surface area contributed by atoms with E-state index in [1.165, 1.54) is 23.2 Å². The van der Waals surface area contributed by atoms with Gasteiger partial charge in [0.1, 0.15) is 5.75 Å². The van der Waals surface area contributed by atoms with Crippen molar-refractivity contribution in [2.75, 3.05) is 6.54 Å². The van der Waals surface area contributed by atoms with Gasteiger partial charge in [-0.15, -0.1) is 0 Å². The number of carbonyl (C=O) groups excluding carboxylic acids is 1. The predicted octanol–water partition coefficient (Wildman–Crippen LogP) is 0.866. The highest BCUT2D eigenvalue weighted by Crippen LogP contribution is 2.29. The molecule has 0 unspecified atom stereocenters. The van der Waals surface area contributed by atoms with Gasteiger partial charge >= 0.3 is 5.97 Å². The number of amides is 1. The molecule has 2 rings (SSSR count). The first-order chi connectivity index (χ1) is 8.59. The molecule has 18 heavy (non-hydrogen) atoms. The van der Waals surface area contributed by atoms with E-state index in [0.29, 0.717) is 0 Å². The van der Waals surface area contributed by atoms with Crippen molar-refractivity contribution >= 4 is 11.9 Å². The number of rotatable bonds is 5. The maximum atomic E-state index is 12.2. The van der Waals surface area contributed by atoms with Crippen molar-refractivity contribution in [3.05, 3.63) is 24.0 Å². The number of carboxylic acids is 1. The van der Waals surface area contributed by atoms with Crippen LogP contribution in [0.25, 0.3) is 0 Å². The number of aromatic nitrogens is 1. The molecule has 2 N–H and O–H groups in total.